The van der Waals surface area contributed by atoms with Crippen LogP contribution in [0.15, 0.2) is 42.6 Å². The van der Waals surface area contributed by atoms with Crippen molar-refractivity contribution in [3.63, 3.8) is 0 Å². The highest BCUT2D eigenvalue weighted by molar-refractivity contribution is 5.87. The summed E-state index contributed by atoms with van der Waals surface area (Å²) in [5.41, 5.74) is 9.94. The Balaban J connectivity index is 2.18. The minimum atomic E-state index is 0.521. The molecule has 1 aromatic carbocycles. The van der Waals surface area contributed by atoms with Crippen molar-refractivity contribution < 1.29 is 4.74 Å². The smallest absolute Gasteiger partial charge is 0.119 e. The zero-order chi connectivity index (χ0) is 14.1. The summed E-state index contributed by atoms with van der Waals surface area (Å²) < 4.78 is 7.41. The lowest BCUT2D eigenvalue weighted by atomic mass is 10.2. The average molecular weight is 267 g/mol. The third-order valence-corrected chi connectivity index (χ3v) is 3.57. The number of aromatic nitrogens is 2. The van der Waals surface area contributed by atoms with Gasteiger partial charge in [0.2, 0.25) is 0 Å². The molecule has 0 fully saturated rings. The van der Waals surface area contributed by atoms with Crippen LogP contribution in [0.4, 0.5) is 0 Å². The molecule has 0 saturated carbocycles. The maximum atomic E-state index is 5.70. The van der Waals surface area contributed by atoms with E-state index < -0.39 is 0 Å². The Bertz CT molecular complexity index is 762. The van der Waals surface area contributed by atoms with E-state index in [1.807, 2.05) is 31.3 Å². The van der Waals surface area contributed by atoms with Gasteiger partial charge in [0.25, 0.3) is 0 Å². The SMILES string of the molecule is COc1ccc2c(c1)cc(-c1cc(CN)ccn1)n2C. The number of ether oxygens (including phenoxy) is 1. The van der Waals surface area contributed by atoms with Gasteiger partial charge in [-0.2, -0.15) is 0 Å². The standard InChI is InChI=1S/C16H17N3O/c1-19-15-4-3-13(20-2)8-12(15)9-16(19)14-7-11(10-17)5-6-18-14/h3-9H,10,17H2,1-2H3. The molecular weight excluding hydrogens is 250 g/mol. The van der Waals surface area contributed by atoms with E-state index in [4.69, 9.17) is 10.5 Å². The number of nitrogens with two attached hydrogens (primary N) is 1. The Morgan fingerprint density at radius 1 is 1.20 bits per heavy atom. The number of nitrogens with zero attached hydrogens (tertiary/aromatic N) is 2. The van der Waals surface area contributed by atoms with Gasteiger partial charge >= 0.3 is 0 Å². The van der Waals surface area contributed by atoms with Gasteiger partial charge in [-0.1, -0.05) is 0 Å². The van der Waals surface area contributed by atoms with Crippen LogP contribution in [0.5, 0.6) is 5.75 Å². The van der Waals surface area contributed by atoms with Gasteiger partial charge in [-0.3, -0.25) is 4.98 Å². The summed E-state index contributed by atoms with van der Waals surface area (Å²) in [5, 5.41) is 1.14. The van der Waals surface area contributed by atoms with Crippen LogP contribution in [-0.4, -0.2) is 16.7 Å². The molecular formula is C16H17N3O. The number of rotatable bonds is 3. The molecule has 0 spiro atoms. The van der Waals surface area contributed by atoms with E-state index in [0.717, 1.165) is 33.6 Å². The quantitative estimate of drug-likeness (QED) is 0.793. The number of fused-ring (bicyclic) bond motifs is 1. The largest absolute Gasteiger partial charge is 0.497 e. The molecule has 0 unspecified atom stereocenters. The Morgan fingerprint density at radius 3 is 2.80 bits per heavy atom. The fraction of sp³-hybridized carbons (Fsp3) is 0.188. The molecule has 2 N–H and O–H groups in total. The van der Waals surface area contributed by atoms with Crippen LogP contribution >= 0.6 is 0 Å². The molecule has 0 radical (unpaired) electrons. The van der Waals surface area contributed by atoms with Gasteiger partial charge < -0.3 is 15.0 Å². The lowest BCUT2D eigenvalue weighted by Gasteiger charge is -2.05. The summed E-state index contributed by atoms with van der Waals surface area (Å²) in [6, 6.07) is 12.2. The van der Waals surface area contributed by atoms with E-state index in [2.05, 4.69) is 21.7 Å². The van der Waals surface area contributed by atoms with E-state index >= 15 is 0 Å². The van der Waals surface area contributed by atoms with Crippen molar-refractivity contribution in [2.75, 3.05) is 7.11 Å². The fourth-order valence-electron chi connectivity index (χ4n) is 2.44. The van der Waals surface area contributed by atoms with Crippen molar-refractivity contribution in [3.05, 3.63) is 48.2 Å². The van der Waals surface area contributed by atoms with Gasteiger partial charge in [0.05, 0.1) is 18.5 Å². The van der Waals surface area contributed by atoms with E-state index in [9.17, 15) is 0 Å². The van der Waals surface area contributed by atoms with Crippen molar-refractivity contribution >= 4 is 10.9 Å². The first-order valence-electron chi connectivity index (χ1n) is 6.52. The number of pyridine rings is 1. The average Bonchev–Trinajstić information content (AvgIpc) is 2.83. The molecule has 2 heterocycles. The molecule has 3 aromatic rings. The lowest BCUT2D eigenvalue weighted by molar-refractivity contribution is 0.415. The first-order chi connectivity index (χ1) is 9.72. The Hall–Kier alpha value is -2.33. The van der Waals surface area contributed by atoms with Crippen LogP contribution < -0.4 is 10.5 Å². The second-order valence-corrected chi connectivity index (χ2v) is 4.77. The van der Waals surface area contributed by atoms with Gasteiger partial charge in [0.15, 0.2) is 0 Å². The number of aryl methyl sites for hydroxylation is 1. The molecule has 2 aromatic heterocycles. The molecule has 0 saturated heterocycles. The van der Waals surface area contributed by atoms with E-state index in [1.54, 1.807) is 13.3 Å². The van der Waals surface area contributed by atoms with Crippen molar-refractivity contribution in [1.82, 2.24) is 9.55 Å². The van der Waals surface area contributed by atoms with Crippen LogP contribution in [0, 0.1) is 0 Å². The minimum Gasteiger partial charge on any atom is -0.497 e. The summed E-state index contributed by atoms with van der Waals surface area (Å²) in [4.78, 5) is 4.45. The first kappa shape index (κ1) is 12.7. The van der Waals surface area contributed by atoms with Crippen LogP contribution in [0.3, 0.4) is 0 Å². The highest BCUT2D eigenvalue weighted by atomic mass is 16.5. The van der Waals surface area contributed by atoms with Crippen LogP contribution in [0.25, 0.3) is 22.3 Å². The molecule has 0 aliphatic rings. The number of hydrogen-bond acceptors (Lipinski definition) is 3. The molecule has 102 valence electrons. The Morgan fingerprint density at radius 2 is 2.05 bits per heavy atom. The third kappa shape index (κ3) is 2.04. The predicted octanol–water partition coefficient (Wildman–Crippen LogP) is 2.71. The summed E-state index contributed by atoms with van der Waals surface area (Å²) >= 11 is 0. The van der Waals surface area contributed by atoms with E-state index in [0.29, 0.717) is 6.54 Å². The molecule has 0 aliphatic carbocycles. The van der Waals surface area contributed by atoms with Crippen molar-refractivity contribution in [2.45, 2.75) is 6.54 Å². The van der Waals surface area contributed by atoms with Crippen LogP contribution in [0.1, 0.15) is 5.56 Å². The van der Waals surface area contributed by atoms with Crippen LogP contribution in [-0.2, 0) is 13.6 Å². The molecule has 3 rings (SSSR count). The lowest BCUT2D eigenvalue weighted by Crippen LogP contribution is -1.98. The van der Waals surface area contributed by atoms with E-state index in [1.165, 1.54) is 0 Å². The maximum absolute atomic E-state index is 5.70. The summed E-state index contributed by atoms with van der Waals surface area (Å²) in [5.74, 6) is 0.860. The highest BCUT2D eigenvalue weighted by Crippen LogP contribution is 2.28. The number of methoxy groups -OCH3 is 1. The zero-order valence-electron chi connectivity index (χ0n) is 11.6. The number of hydrogen-bond donors (Lipinski definition) is 1. The maximum Gasteiger partial charge on any atom is 0.119 e. The van der Waals surface area contributed by atoms with Gasteiger partial charge in [-0.05, 0) is 42.0 Å². The van der Waals surface area contributed by atoms with Gasteiger partial charge in [-0.15, -0.1) is 0 Å². The Labute approximate surface area is 117 Å². The molecule has 0 aliphatic heterocycles. The Kier molecular flexibility index (Phi) is 3.16. The molecule has 20 heavy (non-hydrogen) atoms. The minimum absolute atomic E-state index is 0.521. The molecule has 0 amide bonds. The molecule has 0 bridgehead atoms. The third-order valence-electron chi connectivity index (χ3n) is 3.57. The van der Waals surface area contributed by atoms with Crippen molar-refractivity contribution in [1.29, 1.82) is 0 Å². The summed E-state index contributed by atoms with van der Waals surface area (Å²) in [6.45, 7) is 0.521. The zero-order valence-corrected chi connectivity index (χ0v) is 11.6. The predicted molar refractivity (Wildman–Crippen MR) is 80.6 cm³/mol. The van der Waals surface area contributed by atoms with E-state index in [-0.39, 0.29) is 0 Å². The first-order valence-corrected chi connectivity index (χ1v) is 6.52. The van der Waals surface area contributed by atoms with Crippen molar-refractivity contribution in [2.24, 2.45) is 12.8 Å². The summed E-state index contributed by atoms with van der Waals surface area (Å²) in [6.07, 6.45) is 1.80. The molecule has 0 atom stereocenters. The van der Waals surface area contributed by atoms with Gasteiger partial charge in [0.1, 0.15) is 5.75 Å². The van der Waals surface area contributed by atoms with Crippen LogP contribution in [0.2, 0.25) is 0 Å². The topological polar surface area (TPSA) is 53.1 Å². The highest BCUT2D eigenvalue weighted by Gasteiger charge is 2.10. The molecule has 4 nitrogen and oxygen atoms in total. The monoisotopic (exact) mass is 267 g/mol. The fourth-order valence-corrected chi connectivity index (χ4v) is 2.44. The normalized spacial score (nSPS) is 10.9. The second kappa shape index (κ2) is 4.98. The molecule has 4 heteroatoms. The second-order valence-electron chi connectivity index (χ2n) is 4.77. The van der Waals surface area contributed by atoms with Gasteiger partial charge in [0, 0.05) is 30.7 Å². The van der Waals surface area contributed by atoms with Crippen molar-refractivity contribution in [3.8, 4) is 17.1 Å². The summed E-state index contributed by atoms with van der Waals surface area (Å²) in [7, 11) is 3.72. The number of benzene rings is 1. The van der Waals surface area contributed by atoms with Gasteiger partial charge in [-0.25, -0.2) is 0 Å².